The van der Waals surface area contributed by atoms with Gasteiger partial charge in [-0.2, -0.15) is 5.32 Å². The first kappa shape index (κ1) is 11.4. The highest BCUT2D eigenvalue weighted by molar-refractivity contribution is 7.19. The molecule has 0 aliphatic heterocycles. The number of hydrogen-bond donors (Lipinski definition) is 1. The molecule has 0 aliphatic rings. The summed E-state index contributed by atoms with van der Waals surface area (Å²) in [5, 5.41) is 6.38. The van der Waals surface area contributed by atoms with Gasteiger partial charge in [-0.25, -0.2) is 9.78 Å². The summed E-state index contributed by atoms with van der Waals surface area (Å²) in [4.78, 5) is 25.1. The molecule has 0 aliphatic carbocycles. The molecule has 0 fully saturated rings. The summed E-state index contributed by atoms with van der Waals surface area (Å²) >= 11 is 1.12. The van der Waals surface area contributed by atoms with E-state index in [1.807, 2.05) is 6.07 Å². The average molecular weight is 248 g/mol. The first-order valence-corrected chi connectivity index (χ1v) is 5.75. The molecule has 0 unspecified atom stereocenters. The van der Waals surface area contributed by atoms with E-state index in [1.54, 1.807) is 31.2 Å². The highest BCUT2D eigenvalue weighted by atomic mass is 32.1. The Morgan fingerprint density at radius 2 is 2.06 bits per heavy atom. The number of aryl methyl sites for hydroxylation is 1. The average Bonchev–Trinajstić information content (AvgIpc) is 2.70. The number of nitrogens with zero attached hydrogens (tertiary/aromatic N) is 1. The maximum Gasteiger partial charge on any atom is 0.341 e. The third kappa shape index (κ3) is 2.54. The van der Waals surface area contributed by atoms with Crippen LogP contribution >= 0.6 is 11.3 Å². The van der Waals surface area contributed by atoms with Gasteiger partial charge in [0.25, 0.3) is 0 Å². The SMILES string of the molecule is Cc1[nH+]c(NC(=O)c2ccccc2)sc1N=O. The number of carbonyl (C=O) groups is 1. The van der Waals surface area contributed by atoms with Crippen LogP contribution < -0.4 is 10.3 Å². The molecule has 1 heterocycles. The molecule has 2 rings (SSSR count). The molecule has 0 saturated carbocycles. The Balaban J connectivity index is 2.16. The predicted octanol–water partition coefficient (Wildman–Crippen LogP) is 2.52. The Hall–Kier alpha value is -2.08. The lowest BCUT2D eigenvalue weighted by molar-refractivity contribution is -0.363. The zero-order chi connectivity index (χ0) is 12.3. The highest BCUT2D eigenvalue weighted by Crippen LogP contribution is 2.26. The maximum absolute atomic E-state index is 11.8. The number of nitroso groups, excluding NO2 is 1. The van der Waals surface area contributed by atoms with Gasteiger partial charge in [0.15, 0.2) is 0 Å². The molecule has 86 valence electrons. The molecule has 17 heavy (non-hydrogen) atoms. The summed E-state index contributed by atoms with van der Waals surface area (Å²) in [5.41, 5.74) is 1.21. The predicted molar refractivity (Wildman–Crippen MR) is 65.5 cm³/mol. The first-order valence-electron chi connectivity index (χ1n) is 4.93. The second-order valence-electron chi connectivity index (χ2n) is 3.40. The summed E-state index contributed by atoms with van der Waals surface area (Å²) in [6.45, 7) is 1.73. The van der Waals surface area contributed by atoms with Gasteiger partial charge in [-0.1, -0.05) is 18.2 Å². The largest absolute Gasteiger partial charge is 0.341 e. The van der Waals surface area contributed by atoms with Crippen molar-refractivity contribution in [1.82, 2.24) is 0 Å². The van der Waals surface area contributed by atoms with Crippen LogP contribution in [0.25, 0.3) is 0 Å². The third-order valence-corrected chi connectivity index (χ3v) is 3.15. The fraction of sp³-hybridized carbons (Fsp3) is 0.0909. The van der Waals surface area contributed by atoms with Crippen LogP contribution in [0.4, 0.5) is 10.1 Å². The number of rotatable bonds is 3. The Bertz CT molecular complexity index is 551. The van der Waals surface area contributed by atoms with Gasteiger partial charge in [-0.05, 0) is 28.6 Å². The van der Waals surface area contributed by atoms with Gasteiger partial charge in [0.05, 0.1) is 5.56 Å². The molecular formula is C11H10N3O2S+. The fourth-order valence-corrected chi connectivity index (χ4v) is 2.11. The van der Waals surface area contributed by atoms with E-state index in [1.165, 1.54) is 0 Å². The fourth-order valence-electron chi connectivity index (χ4n) is 1.33. The van der Waals surface area contributed by atoms with Gasteiger partial charge in [-0.15, -0.1) is 4.91 Å². The minimum atomic E-state index is -0.222. The van der Waals surface area contributed by atoms with Crippen LogP contribution in [0.5, 0.6) is 0 Å². The summed E-state index contributed by atoms with van der Waals surface area (Å²) in [7, 11) is 0. The van der Waals surface area contributed by atoms with Gasteiger partial charge in [0.2, 0.25) is 5.00 Å². The third-order valence-electron chi connectivity index (χ3n) is 2.17. The molecule has 1 aromatic carbocycles. The lowest BCUT2D eigenvalue weighted by atomic mass is 10.2. The number of aromatic nitrogens is 1. The van der Waals surface area contributed by atoms with Crippen LogP contribution in [0.1, 0.15) is 16.1 Å². The Morgan fingerprint density at radius 3 is 2.65 bits per heavy atom. The quantitative estimate of drug-likeness (QED) is 0.847. The molecule has 2 N–H and O–H groups in total. The van der Waals surface area contributed by atoms with Gasteiger partial charge in [0.1, 0.15) is 5.69 Å². The van der Waals surface area contributed by atoms with Crippen LogP contribution in [0, 0.1) is 11.8 Å². The number of carbonyl (C=O) groups excluding carboxylic acids is 1. The minimum Gasteiger partial charge on any atom is -0.241 e. The summed E-state index contributed by atoms with van der Waals surface area (Å²) in [6, 6.07) is 8.85. The number of thiazole rings is 1. The zero-order valence-corrected chi connectivity index (χ0v) is 9.88. The maximum atomic E-state index is 11.8. The molecule has 6 heteroatoms. The number of amides is 1. The van der Waals surface area contributed by atoms with Gasteiger partial charge in [-0.3, -0.25) is 0 Å². The summed E-state index contributed by atoms with van der Waals surface area (Å²) in [5.74, 6) is -0.222. The van der Waals surface area contributed by atoms with Crippen molar-refractivity contribution in [2.45, 2.75) is 6.92 Å². The smallest absolute Gasteiger partial charge is 0.241 e. The van der Waals surface area contributed by atoms with E-state index >= 15 is 0 Å². The highest BCUT2D eigenvalue weighted by Gasteiger charge is 2.18. The van der Waals surface area contributed by atoms with E-state index in [0.717, 1.165) is 11.3 Å². The van der Waals surface area contributed by atoms with E-state index < -0.39 is 0 Å². The molecule has 0 bridgehead atoms. The van der Waals surface area contributed by atoms with Crippen LogP contribution in [0.15, 0.2) is 35.5 Å². The van der Waals surface area contributed by atoms with Crippen molar-refractivity contribution in [2.75, 3.05) is 5.32 Å². The lowest BCUT2D eigenvalue weighted by Gasteiger charge is -1.94. The zero-order valence-electron chi connectivity index (χ0n) is 9.06. The van der Waals surface area contributed by atoms with E-state index in [0.29, 0.717) is 21.4 Å². The number of nitrogens with one attached hydrogen (secondary N) is 2. The van der Waals surface area contributed by atoms with Crippen LogP contribution in [0.2, 0.25) is 0 Å². The Kier molecular flexibility index (Phi) is 3.24. The monoisotopic (exact) mass is 248 g/mol. The van der Waals surface area contributed by atoms with E-state index in [2.05, 4.69) is 15.5 Å². The molecule has 0 saturated heterocycles. The Morgan fingerprint density at radius 1 is 1.35 bits per heavy atom. The molecule has 1 amide bonds. The number of anilines is 1. The van der Waals surface area contributed by atoms with Crippen molar-refractivity contribution in [3.05, 3.63) is 46.5 Å². The number of H-pyrrole nitrogens is 1. The van der Waals surface area contributed by atoms with Crippen LogP contribution in [-0.2, 0) is 0 Å². The van der Waals surface area contributed by atoms with Crippen molar-refractivity contribution in [1.29, 1.82) is 0 Å². The topological polar surface area (TPSA) is 72.7 Å². The second kappa shape index (κ2) is 4.84. The number of aromatic amines is 1. The summed E-state index contributed by atoms with van der Waals surface area (Å²) < 4.78 is 0. The van der Waals surface area contributed by atoms with Crippen LogP contribution in [0.3, 0.4) is 0 Å². The van der Waals surface area contributed by atoms with Crippen molar-refractivity contribution >= 4 is 27.4 Å². The van der Waals surface area contributed by atoms with Crippen molar-refractivity contribution in [3.8, 4) is 0 Å². The second-order valence-corrected chi connectivity index (χ2v) is 4.40. The number of benzene rings is 1. The van der Waals surface area contributed by atoms with Gasteiger partial charge in [0, 0.05) is 6.92 Å². The molecule has 5 nitrogen and oxygen atoms in total. The van der Waals surface area contributed by atoms with Crippen molar-refractivity contribution < 1.29 is 9.78 Å². The van der Waals surface area contributed by atoms with Gasteiger partial charge >= 0.3 is 11.0 Å². The molecule has 0 radical (unpaired) electrons. The Labute approximate surface area is 101 Å². The number of hydrogen-bond acceptors (Lipinski definition) is 4. The minimum absolute atomic E-state index is 0.222. The first-order chi connectivity index (χ1) is 8.20. The molecule has 1 aromatic heterocycles. The van der Waals surface area contributed by atoms with Crippen LogP contribution in [-0.4, -0.2) is 5.91 Å². The van der Waals surface area contributed by atoms with Crippen molar-refractivity contribution in [3.63, 3.8) is 0 Å². The standard InChI is InChI=1S/C11H9N3O2S/c1-7-10(14-16)17-11(12-7)13-9(15)8-5-3-2-4-6-8/h2-6H,1H3,(H,12,13,15)/p+1. The lowest BCUT2D eigenvalue weighted by Crippen LogP contribution is -2.17. The van der Waals surface area contributed by atoms with E-state index in [9.17, 15) is 9.70 Å². The van der Waals surface area contributed by atoms with Crippen molar-refractivity contribution in [2.24, 2.45) is 5.18 Å². The van der Waals surface area contributed by atoms with E-state index in [4.69, 9.17) is 0 Å². The van der Waals surface area contributed by atoms with E-state index in [-0.39, 0.29) is 5.91 Å². The van der Waals surface area contributed by atoms with Gasteiger partial charge < -0.3 is 0 Å². The summed E-state index contributed by atoms with van der Waals surface area (Å²) in [6.07, 6.45) is 0. The molecule has 0 atom stereocenters. The molecular weight excluding hydrogens is 238 g/mol. The molecule has 0 spiro atoms. The normalized spacial score (nSPS) is 9.94. The molecule has 2 aromatic rings.